The molecule has 2 aliphatic heterocycles. The number of allylic oxidation sites excluding steroid dienone is 4. The Bertz CT molecular complexity index is 748. The van der Waals surface area contributed by atoms with Crippen LogP contribution in [0, 0.1) is 0 Å². The quantitative estimate of drug-likeness (QED) is 0.229. The Morgan fingerprint density at radius 3 is 2.17 bits per heavy atom. The zero-order valence-corrected chi connectivity index (χ0v) is 24.0. The number of hydrogen-bond acceptors (Lipinski definition) is 5. The van der Waals surface area contributed by atoms with Gasteiger partial charge in [0.1, 0.15) is 5.78 Å². The Labute approximate surface area is 222 Å². The first-order valence-electron chi connectivity index (χ1n) is 14.3. The summed E-state index contributed by atoms with van der Waals surface area (Å²) in [6.07, 6.45) is 15.0. The molecule has 2 heterocycles. The van der Waals surface area contributed by atoms with E-state index in [-0.39, 0.29) is 0 Å². The molecule has 2 saturated heterocycles. The Morgan fingerprint density at radius 2 is 1.58 bits per heavy atom. The normalized spacial score (nSPS) is 17.4. The lowest BCUT2D eigenvalue weighted by Gasteiger charge is -2.34. The minimum atomic E-state index is 0.372. The molecule has 0 spiro atoms. The van der Waals surface area contributed by atoms with Crippen LogP contribution in [-0.4, -0.2) is 86.1 Å². The summed E-state index contributed by atoms with van der Waals surface area (Å²) in [5, 5.41) is 0. The molecule has 5 nitrogen and oxygen atoms in total. The van der Waals surface area contributed by atoms with Gasteiger partial charge in [-0.2, -0.15) is 0 Å². The summed E-state index contributed by atoms with van der Waals surface area (Å²) in [6.45, 7) is 23.8. The molecule has 204 valence electrons. The van der Waals surface area contributed by atoms with Crippen molar-refractivity contribution >= 4 is 5.78 Å². The van der Waals surface area contributed by atoms with E-state index in [1.165, 1.54) is 24.1 Å². The third-order valence-electron chi connectivity index (χ3n) is 6.23. The van der Waals surface area contributed by atoms with E-state index in [1.807, 2.05) is 13.0 Å². The summed E-state index contributed by atoms with van der Waals surface area (Å²) in [7, 11) is 0. The van der Waals surface area contributed by atoms with Gasteiger partial charge in [0.05, 0.1) is 19.8 Å². The molecule has 0 aromatic heterocycles. The van der Waals surface area contributed by atoms with Crippen LogP contribution in [0.5, 0.6) is 0 Å². The van der Waals surface area contributed by atoms with E-state index in [4.69, 9.17) is 4.74 Å². The van der Waals surface area contributed by atoms with E-state index in [0.29, 0.717) is 18.7 Å². The molecule has 0 saturated carbocycles. The lowest BCUT2D eigenvalue weighted by atomic mass is 10.0. The fourth-order valence-corrected chi connectivity index (χ4v) is 4.24. The largest absolute Gasteiger partial charge is 0.378 e. The third-order valence-corrected chi connectivity index (χ3v) is 6.23. The molecular weight excluding hydrogens is 446 g/mol. The molecule has 2 aliphatic rings. The second-order valence-electron chi connectivity index (χ2n) is 9.68. The van der Waals surface area contributed by atoms with E-state index in [9.17, 15) is 4.79 Å². The number of unbranched alkanes of at least 4 members (excludes halogenated alkanes) is 1. The number of nitrogens with zero attached hydrogens (tertiary/aromatic N) is 3. The minimum absolute atomic E-state index is 0.372. The zero-order chi connectivity index (χ0) is 26.6. The van der Waals surface area contributed by atoms with Crippen molar-refractivity contribution < 1.29 is 9.53 Å². The van der Waals surface area contributed by atoms with Gasteiger partial charge in [0.15, 0.2) is 0 Å². The highest BCUT2D eigenvalue weighted by molar-refractivity contribution is 5.80. The number of carbonyl (C=O) groups is 1. The number of ketones is 1. The van der Waals surface area contributed by atoms with Crippen molar-refractivity contribution in [3.63, 3.8) is 0 Å². The van der Waals surface area contributed by atoms with Crippen LogP contribution in [0.4, 0.5) is 0 Å². The van der Waals surface area contributed by atoms with Crippen molar-refractivity contribution in [2.75, 3.05) is 65.6 Å². The molecule has 0 aromatic rings. The van der Waals surface area contributed by atoms with Gasteiger partial charge in [-0.05, 0) is 50.0 Å². The zero-order valence-electron chi connectivity index (χ0n) is 24.0. The highest BCUT2D eigenvalue weighted by Crippen LogP contribution is 2.20. The van der Waals surface area contributed by atoms with E-state index < -0.39 is 0 Å². The molecule has 5 heteroatoms. The molecular formula is C31H53N3O2. The summed E-state index contributed by atoms with van der Waals surface area (Å²) in [4.78, 5) is 19.1. The lowest BCUT2D eigenvalue weighted by molar-refractivity contribution is -0.120. The minimum Gasteiger partial charge on any atom is -0.378 e. The Balaban J connectivity index is 0.00000205. The predicted octanol–water partition coefficient (Wildman–Crippen LogP) is 6.01. The van der Waals surface area contributed by atoms with E-state index >= 15 is 0 Å². The van der Waals surface area contributed by atoms with Gasteiger partial charge in [-0.1, -0.05) is 53.2 Å². The van der Waals surface area contributed by atoms with Gasteiger partial charge >= 0.3 is 0 Å². The Morgan fingerprint density at radius 1 is 0.944 bits per heavy atom. The average Bonchev–Trinajstić information content (AvgIpc) is 2.88. The second-order valence-corrected chi connectivity index (χ2v) is 9.68. The maximum atomic E-state index is 11.9. The summed E-state index contributed by atoms with van der Waals surface area (Å²) >= 11 is 0. The van der Waals surface area contributed by atoms with Crippen molar-refractivity contribution in [2.45, 2.75) is 73.1 Å². The van der Waals surface area contributed by atoms with Gasteiger partial charge in [-0.25, -0.2) is 0 Å². The second kappa shape index (κ2) is 20.2. The van der Waals surface area contributed by atoms with Crippen LogP contribution in [0.25, 0.3) is 0 Å². The van der Waals surface area contributed by atoms with Crippen LogP contribution >= 0.6 is 0 Å². The predicted molar refractivity (Wildman–Crippen MR) is 154 cm³/mol. The molecule has 0 aromatic carbocycles. The lowest BCUT2D eigenvalue weighted by Crippen LogP contribution is -2.47. The number of morpholine rings is 1. The Kier molecular flexibility index (Phi) is 18.0. The van der Waals surface area contributed by atoms with E-state index in [1.54, 1.807) is 0 Å². The molecule has 0 aliphatic carbocycles. The molecule has 2 rings (SSSR count). The van der Waals surface area contributed by atoms with E-state index in [2.05, 4.69) is 72.9 Å². The number of Topliss-reactive ketones (excluding diaryl/α,β-unsaturated/α-hetero) is 1. The van der Waals surface area contributed by atoms with Crippen molar-refractivity contribution in [1.29, 1.82) is 0 Å². The monoisotopic (exact) mass is 499 g/mol. The molecule has 0 unspecified atom stereocenters. The van der Waals surface area contributed by atoms with Crippen molar-refractivity contribution in [3.05, 3.63) is 53.5 Å². The summed E-state index contributed by atoms with van der Waals surface area (Å²) in [6, 6.07) is 0. The first-order chi connectivity index (χ1) is 17.5. The molecule has 0 bridgehead atoms. The SMILES string of the molecule is C=C(/C=C(\C=C/CN1CCN(CC(=O)CCC)CC1)N1CCOCC1)C(=C=CC)CCCC.CCC. The number of ether oxygens (including phenoxy) is 1. The Hall–Kier alpha value is -1.91. The highest BCUT2D eigenvalue weighted by Gasteiger charge is 2.18. The number of hydrogen-bond donors (Lipinski definition) is 0. The molecule has 36 heavy (non-hydrogen) atoms. The number of piperazine rings is 1. The molecule has 0 N–H and O–H groups in total. The van der Waals surface area contributed by atoms with Crippen LogP contribution in [0.15, 0.2) is 53.5 Å². The van der Waals surface area contributed by atoms with Crippen LogP contribution < -0.4 is 0 Å². The molecule has 0 radical (unpaired) electrons. The average molecular weight is 500 g/mol. The summed E-state index contributed by atoms with van der Waals surface area (Å²) < 4.78 is 5.57. The number of rotatable bonds is 13. The highest BCUT2D eigenvalue weighted by atomic mass is 16.5. The first kappa shape index (κ1) is 32.1. The maximum Gasteiger partial charge on any atom is 0.146 e. The molecule has 2 fully saturated rings. The van der Waals surface area contributed by atoms with Gasteiger partial charge in [0.25, 0.3) is 0 Å². The first-order valence-corrected chi connectivity index (χ1v) is 14.3. The topological polar surface area (TPSA) is 36.0 Å². The number of carbonyl (C=O) groups excluding carboxylic acids is 1. The molecule has 0 amide bonds. The van der Waals surface area contributed by atoms with Crippen LogP contribution in [0.2, 0.25) is 0 Å². The van der Waals surface area contributed by atoms with Gasteiger partial charge in [0.2, 0.25) is 0 Å². The van der Waals surface area contributed by atoms with Gasteiger partial charge in [-0.3, -0.25) is 14.6 Å². The van der Waals surface area contributed by atoms with Crippen molar-refractivity contribution in [1.82, 2.24) is 14.7 Å². The fourth-order valence-electron chi connectivity index (χ4n) is 4.24. The van der Waals surface area contributed by atoms with Crippen molar-refractivity contribution in [3.8, 4) is 0 Å². The van der Waals surface area contributed by atoms with Gasteiger partial charge in [0, 0.05) is 63.5 Å². The van der Waals surface area contributed by atoms with Crippen molar-refractivity contribution in [2.24, 2.45) is 0 Å². The van der Waals surface area contributed by atoms with Crippen LogP contribution in [0.3, 0.4) is 0 Å². The van der Waals surface area contributed by atoms with Gasteiger partial charge < -0.3 is 9.64 Å². The van der Waals surface area contributed by atoms with Crippen LogP contribution in [0.1, 0.15) is 73.1 Å². The van der Waals surface area contributed by atoms with Gasteiger partial charge in [-0.15, -0.1) is 5.73 Å². The third kappa shape index (κ3) is 13.4. The standard InChI is InChI=1S/C28H45N3O2.C3H8/c1-5-8-12-26(10-6-2)25(4)23-27(31-19-21-33-22-20-31)13-9-14-29-15-17-30(18-16-29)24-28(32)11-7-3;1-3-2/h6,9,13,23H,4-5,7-8,11-12,14-22,24H2,1-3H3;3H2,1-2H3/b13-9-,27-23+;. The van der Waals surface area contributed by atoms with Crippen LogP contribution in [-0.2, 0) is 9.53 Å². The summed E-state index contributed by atoms with van der Waals surface area (Å²) in [5.74, 6) is 0.372. The summed E-state index contributed by atoms with van der Waals surface area (Å²) in [5.41, 5.74) is 6.86. The smallest absolute Gasteiger partial charge is 0.146 e. The van der Waals surface area contributed by atoms with E-state index in [0.717, 1.165) is 83.9 Å². The maximum absolute atomic E-state index is 11.9. The molecule has 0 atom stereocenters. The fraction of sp³-hybridized carbons (Fsp3) is 0.677.